The van der Waals surface area contributed by atoms with E-state index in [4.69, 9.17) is 15.2 Å². The van der Waals surface area contributed by atoms with Gasteiger partial charge in [-0.2, -0.15) is 0 Å². The molecule has 0 aliphatic carbocycles. The summed E-state index contributed by atoms with van der Waals surface area (Å²) in [5, 5.41) is 12.9. The van der Waals surface area contributed by atoms with Gasteiger partial charge in [-0.1, -0.05) is 13.5 Å². The maximum Gasteiger partial charge on any atom is 0.330 e. The summed E-state index contributed by atoms with van der Waals surface area (Å²) in [7, 11) is 0. The minimum absolute atomic E-state index is 0.111. The number of nitrogens with two attached hydrogens (primary N) is 1. The lowest BCUT2D eigenvalue weighted by Gasteiger charge is -2.61. The van der Waals surface area contributed by atoms with Gasteiger partial charge in [0.25, 0.3) is 0 Å². The van der Waals surface area contributed by atoms with Crippen molar-refractivity contribution in [3.63, 3.8) is 0 Å². The predicted octanol–water partition coefficient (Wildman–Crippen LogP) is 0.115. The van der Waals surface area contributed by atoms with Crippen LogP contribution in [0.2, 0.25) is 0 Å². The molecule has 0 saturated carbocycles. The van der Waals surface area contributed by atoms with Crippen molar-refractivity contribution in [2.45, 2.75) is 50.7 Å². The Morgan fingerprint density at radius 1 is 1.48 bits per heavy atom. The van der Waals surface area contributed by atoms with Crippen molar-refractivity contribution in [3.8, 4) is 0 Å². The molecule has 1 aliphatic rings. The number of hydrogen-bond donors (Lipinski definition) is 3. The summed E-state index contributed by atoms with van der Waals surface area (Å²) in [6, 6.07) is -0.268. The zero-order valence-electron chi connectivity index (χ0n) is 14.1. The molecule has 1 saturated heterocycles. The third-order valence-electron chi connectivity index (χ3n) is 4.47. The minimum atomic E-state index is -0.592. The highest BCUT2D eigenvalue weighted by molar-refractivity contribution is 5.81. The number of aliphatic hydroxyl groups excluding tert-OH is 1. The number of rotatable bonds is 9. The fraction of sp³-hybridized carbons (Fsp3) is 0.750. The van der Waals surface area contributed by atoms with Gasteiger partial charge in [-0.25, -0.2) is 4.79 Å². The van der Waals surface area contributed by atoms with Crippen molar-refractivity contribution in [1.29, 1.82) is 0 Å². The topological polar surface area (TPSA) is 111 Å². The van der Waals surface area contributed by atoms with E-state index < -0.39 is 17.0 Å². The van der Waals surface area contributed by atoms with Crippen LogP contribution < -0.4 is 11.1 Å². The van der Waals surface area contributed by atoms with E-state index in [9.17, 15) is 14.7 Å². The van der Waals surface area contributed by atoms with E-state index in [0.29, 0.717) is 6.42 Å². The summed E-state index contributed by atoms with van der Waals surface area (Å²) in [4.78, 5) is 23.0. The highest BCUT2D eigenvalue weighted by Crippen LogP contribution is 2.43. The van der Waals surface area contributed by atoms with Crippen LogP contribution in [0.3, 0.4) is 0 Å². The molecule has 1 heterocycles. The fourth-order valence-electron chi connectivity index (χ4n) is 3.10. The Hall–Kier alpha value is -1.44. The van der Waals surface area contributed by atoms with Crippen molar-refractivity contribution in [3.05, 3.63) is 12.7 Å². The lowest BCUT2D eigenvalue weighted by atomic mass is 9.62. The SMILES string of the molecule is C=CC(=O)OCC1(CC)NC(C)(CO)C1COC(=O)CC(C)N. The molecule has 4 N–H and O–H groups in total. The van der Waals surface area contributed by atoms with Crippen LogP contribution in [-0.2, 0) is 19.1 Å². The van der Waals surface area contributed by atoms with Gasteiger partial charge < -0.3 is 20.3 Å². The van der Waals surface area contributed by atoms with Gasteiger partial charge in [-0.3, -0.25) is 10.1 Å². The number of carbonyl (C=O) groups is 2. The number of nitrogens with one attached hydrogen (secondary N) is 1. The summed E-state index contributed by atoms with van der Waals surface area (Å²) in [5.74, 6) is -1.06. The van der Waals surface area contributed by atoms with Gasteiger partial charge in [-0.15, -0.1) is 0 Å². The molecule has 0 aromatic heterocycles. The molecule has 0 amide bonds. The smallest absolute Gasteiger partial charge is 0.330 e. The minimum Gasteiger partial charge on any atom is -0.465 e. The summed E-state index contributed by atoms with van der Waals surface area (Å²) in [6.07, 6.45) is 1.90. The number of ether oxygens (including phenoxy) is 2. The Labute approximate surface area is 137 Å². The normalized spacial score (nSPS) is 30.9. The van der Waals surface area contributed by atoms with Gasteiger partial charge in [0.15, 0.2) is 0 Å². The molecule has 1 rings (SSSR count). The summed E-state index contributed by atoms with van der Waals surface area (Å²) in [5.41, 5.74) is 4.45. The van der Waals surface area contributed by atoms with Gasteiger partial charge in [0.1, 0.15) is 6.61 Å². The predicted molar refractivity (Wildman–Crippen MR) is 85.5 cm³/mol. The van der Waals surface area contributed by atoms with Crippen LogP contribution in [-0.4, -0.2) is 54.0 Å². The van der Waals surface area contributed by atoms with Crippen molar-refractivity contribution in [2.75, 3.05) is 19.8 Å². The van der Waals surface area contributed by atoms with E-state index in [-0.39, 0.29) is 44.2 Å². The zero-order chi connectivity index (χ0) is 17.7. The quantitative estimate of drug-likeness (QED) is 0.407. The molecular formula is C16H28N2O5. The van der Waals surface area contributed by atoms with Crippen LogP contribution in [0.5, 0.6) is 0 Å². The number of carbonyl (C=O) groups excluding carboxylic acids is 2. The Bertz CT molecular complexity index is 454. The van der Waals surface area contributed by atoms with Crippen molar-refractivity contribution in [1.82, 2.24) is 5.32 Å². The average molecular weight is 328 g/mol. The highest BCUT2D eigenvalue weighted by Gasteiger charge is 2.60. The lowest BCUT2D eigenvalue weighted by molar-refractivity contribution is -0.167. The standard InChI is InChI=1S/C16H28N2O5/c1-5-13(20)23-10-16(6-2)12(15(4,9-19)18-16)8-22-14(21)7-11(3)17/h5,11-12,18-19H,1,6-10,17H2,2-4H3. The van der Waals surface area contributed by atoms with Crippen LogP contribution in [0.4, 0.5) is 0 Å². The molecule has 7 nitrogen and oxygen atoms in total. The van der Waals surface area contributed by atoms with E-state index >= 15 is 0 Å². The first-order valence-corrected chi connectivity index (χ1v) is 7.83. The van der Waals surface area contributed by atoms with E-state index in [1.165, 1.54) is 0 Å². The third kappa shape index (κ3) is 4.53. The third-order valence-corrected chi connectivity index (χ3v) is 4.47. The molecular weight excluding hydrogens is 300 g/mol. The van der Waals surface area contributed by atoms with Gasteiger partial charge in [0.05, 0.1) is 25.2 Å². The Balaban J connectivity index is 2.75. The monoisotopic (exact) mass is 328 g/mol. The highest BCUT2D eigenvalue weighted by atomic mass is 16.5. The fourth-order valence-corrected chi connectivity index (χ4v) is 3.10. The summed E-state index contributed by atoms with van der Waals surface area (Å²) < 4.78 is 10.5. The molecule has 0 spiro atoms. The number of hydrogen-bond acceptors (Lipinski definition) is 7. The van der Waals surface area contributed by atoms with Crippen molar-refractivity contribution >= 4 is 11.9 Å². The Morgan fingerprint density at radius 2 is 2.13 bits per heavy atom. The largest absolute Gasteiger partial charge is 0.465 e. The van der Waals surface area contributed by atoms with E-state index in [2.05, 4.69) is 11.9 Å². The molecule has 23 heavy (non-hydrogen) atoms. The maximum absolute atomic E-state index is 11.7. The average Bonchev–Trinajstić information content (AvgIpc) is 2.49. The van der Waals surface area contributed by atoms with E-state index in [1.54, 1.807) is 6.92 Å². The molecule has 132 valence electrons. The number of esters is 2. The molecule has 1 fully saturated rings. The van der Waals surface area contributed by atoms with Gasteiger partial charge in [0.2, 0.25) is 0 Å². The first-order chi connectivity index (χ1) is 10.7. The molecule has 1 aliphatic heterocycles. The molecule has 4 unspecified atom stereocenters. The summed E-state index contributed by atoms with van der Waals surface area (Å²) >= 11 is 0. The van der Waals surface area contributed by atoms with E-state index in [0.717, 1.165) is 6.08 Å². The van der Waals surface area contributed by atoms with Crippen LogP contribution in [0, 0.1) is 5.92 Å². The molecule has 0 bridgehead atoms. The summed E-state index contributed by atoms with van der Waals surface area (Å²) in [6.45, 7) is 9.04. The molecule has 0 radical (unpaired) electrons. The van der Waals surface area contributed by atoms with Crippen LogP contribution >= 0.6 is 0 Å². The second kappa shape index (κ2) is 7.90. The second-order valence-corrected chi connectivity index (χ2v) is 6.44. The van der Waals surface area contributed by atoms with Gasteiger partial charge in [0, 0.05) is 23.6 Å². The van der Waals surface area contributed by atoms with Gasteiger partial charge >= 0.3 is 11.9 Å². The first-order valence-electron chi connectivity index (χ1n) is 7.83. The molecule has 0 aromatic carbocycles. The zero-order valence-corrected chi connectivity index (χ0v) is 14.1. The van der Waals surface area contributed by atoms with Crippen molar-refractivity contribution in [2.24, 2.45) is 11.7 Å². The van der Waals surface area contributed by atoms with Crippen LogP contribution in [0.15, 0.2) is 12.7 Å². The maximum atomic E-state index is 11.7. The molecule has 7 heteroatoms. The van der Waals surface area contributed by atoms with Crippen LogP contribution in [0.1, 0.15) is 33.6 Å². The Kier molecular flexibility index (Phi) is 6.73. The second-order valence-electron chi connectivity index (χ2n) is 6.44. The molecule has 4 atom stereocenters. The first kappa shape index (κ1) is 19.6. The molecule has 0 aromatic rings. The van der Waals surface area contributed by atoms with Gasteiger partial charge in [-0.05, 0) is 20.3 Å². The Morgan fingerprint density at radius 3 is 2.61 bits per heavy atom. The lowest BCUT2D eigenvalue weighted by Crippen LogP contribution is -2.82. The number of aliphatic hydroxyl groups is 1. The van der Waals surface area contributed by atoms with Crippen LogP contribution in [0.25, 0.3) is 0 Å². The van der Waals surface area contributed by atoms with Crippen molar-refractivity contribution < 1.29 is 24.2 Å². The van der Waals surface area contributed by atoms with E-state index in [1.807, 2.05) is 13.8 Å².